The minimum Gasteiger partial charge on any atom is -0.478 e. The molecule has 0 amide bonds. The van der Waals surface area contributed by atoms with E-state index >= 15 is 0 Å². The summed E-state index contributed by atoms with van der Waals surface area (Å²) >= 11 is 6.01. The number of carboxylic acid groups (broad SMARTS) is 1. The number of nitrogens with one attached hydrogen (secondary N) is 1. The first-order valence-corrected chi connectivity index (χ1v) is 6.19. The van der Waals surface area contributed by atoms with Crippen molar-refractivity contribution in [2.75, 3.05) is 11.9 Å². The molecule has 5 nitrogen and oxygen atoms in total. The lowest BCUT2D eigenvalue weighted by atomic mass is 10.2. The zero-order valence-corrected chi connectivity index (χ0v) is 11.2. The average Bonchev–Trinajstić information content (AvgIpc) is 2.77. The summed E-state index contributed by atoms with van der Waals surface area (Å²) in [6, 6.07) is 6.59. The number of carbonyl (C=O) groups is 1. The molecule has 1 aromatic carbocycles. The predicted octanol–water partition coefficient (Wildman–Crippen LogP) is 2.43. The number of halogens is 1. The molecule has 0 saturated heterocycles. The first kappa shape index (κ1) is 13.4. The highest BCUT2D eigenvalue weighted by Crippen LogP contribution is 2.23. The van der Waals surface area contributed by atoms with Crippen LogP contribution in [0.25, 0.3) is 0 Å². The first-order chi connectivity index (χ1) is 9.06. The Balaban J connectivity index is 1.94. The number of anilines is 1. The van der Waals surface area contributed by atoms with Crippen LogP contribution in [-0.2, 0) is 13.5 Å². The molecule has 0 fully saturated rings. The molecule has 0 radical (unpaired) electrons. The molecule has 19 heavy (non-hydrogen) atoms. The van der Waals surface area contributed by atoms with Crippen molar-refractivity contribution in [1.29, 1.82) is 0 Å². The van der Waals surface area contributed by atoms with Gasteiger partial charge in [0.15, 0.2) is 0 Å². The van der Waals surface area contributed by atoms with Gasteiger partial charge >= 0.3 is 5.97 Å². The highest BCUT2D eigenvalue weighted by molar-refractivity contribution is 6.33. The van der Waals surface area contributed by atoms with Crippen molar-refractivity contribution >= 4 is 23.3 Å². The molecule has 0 aliphatic heterocycles. The second-order valence-electron chi connectivity index (χ2n) is 4.16. The van der Waals surface area contributed by atoms with Crippen LogP contribution in [0.15, 0.2) is 30.5 Å². The number of hydrogen-bond acceptors (Lipinski definition) is 3. The molecule has 2 aromatic rings. The summed E-state index contributed by atoms with van der Waals surface area (Å²) in [5, 5.41) is 16.7. The average molecular weight is 280 g/mol. The molecule has 0 unspecified atom stereocenters. The van der Waals surface area contributed by atoms with Crippen molar-refractivity contribution in [2.24, 2.45) is 7.05 Å². The molecular formula is C13H14ClN3O2. The van der Waals surface area contributed by atoms with Crippen molar-refractivity contribution in [1.82, 2.24) is 9.78 Å². The van der Waals surface area contributed by atoms with Crippen LogP contribution in [0.2, 0.25) is 5.02 Å². The lowest BCUT2D eigenvalue weighted by Crippen LogP contribution is -2.06. The zero-order valence-electron chi connectivity index (χ0n) is 10.4. The molecule has 2 rings (SSSR count). The van der Waals surface area contributed by atoms with Crippen molar-refractivity contribution in [2.45, 2.75) is 6.42 Å². The van der Waals surface area contributed by atoms with Gasteiger partial charge < -0.3 is 10.4 Å². The van der Waals surface area contributed by atoms with Crippen LogP contribution in [-0.4, -0.2) is 27.4 Å². The molecular weight excluding hydrogens is 266 g/mol. The topological polar surface area (TPSA) is 67.2 Å². The summed E-state index contributed by atoms with van der Waals surface area (Å²) in [5.74, 6) is -0.984. The third-order valence-corrected chi connectivity index (χ3v) is 2.99. The van der Waals surface area contributed by atoms with Crippen LogP contribution >= 0.6 is 11.6 Å². The molecule has 6 heteroatoms. The zero-order chi connectivity index (χ0) is 13.8. The maximum absolute atomic E-state index is 10.8. The van der Waals surface area contributed by atoms with Gasteiger partial charge in [-0.2, -0.15) is 5.10 Å². The molecule has 1 heterocycles. The van der Waals surface area contributed by atoms with Gasteiger partial charge in [0.05, 0.1) is 22.0 Å². The Labute approximate surface area is 115 Å². The van der Waals surface area contributed by atoms with E-state index < -0.39 is 5.97 Å². The molecule has 100 valence electrons. The Hall–Kier alpha value is -2.01. The van der Waals surface area contributed by atoms with E-state index in [2.05, 4.69) is 10.4 Å². The van der Waals surface area contributed by atoms with Gasteiger partial charge in [0.2, 0.25) is 0 Å². The highest BCUT2D eigenvalue weighted by Gasteiger charge is 2.06. The quantitative estimate of drug-likeness (QED) is 0.882. The molecule has 0 aliphatic carbocycles. The molecule has 1 aromatic heterocycles. The molecule has 0 atom stereocenters. The third kappa shape index (κ3) is 3.48. The van der Waals surface area contributed by atoms with Gasteiger partial charge in [-0.05, 0) is 24.3 Å². The SMILES string of the molecule is Cn1ccc(CCNc2ccc(C(=O)O)cc2Cl)n1. The summed E-state index contributed by atoms with van der Waals surface area (Å²) < 4.78 is 1.75. The van der Waals surface area contributed by atoms with Crippen LogP contribution in [0.5, 0.6) is 0 Å². The normalized spacial score (nSPS) is 10.4. The van der Waals surface area contributed by atoms with E-state index in [1.165, 1.54) is 12.1 Å². The standard InChI is InChI=1S/C13H14ClN3O2/c1-17-7-5-10(16-17)4-6-15-12-3-2-9(13(18)19)8-11(12)14/h2-3,5,7-8,15H,4,6H2,1H3,(H,18,19). The fraction of sp³-hybridized carbons (Fsp3) is 0.231. The maximum Gasteiger partial charge on any atom is 0.335 e. The number of benzene rings is 1. The Morgan fingerprint density at radius 2 is 2.26 bits per heavy atom. The predicted molar refractivity (Wildman–Crippen MR) is 73.8 cm³/mol. The monoisotopic (exact) mass is 279 g/mol. The second kappa shape index (κ2) is 5.75. The number of nitrogens with zero attached hydrogens (tertiary/aromatic N) is 2. The van der Waals surface area contributed by atoms with Crippen LogP contribution in [0.3, 0.4) is 0 Å². The van der Waals surface area contributed by atoms with Gasteiger partial charge in [0.25, 0.3) is 0 Å². The second-order valence-corrected chi connectivity index (χ2v) is 4.56. The summed E-state index contributed by atoms with van der Waals surface area (Å²) in [6.45, 7) is 0.684. The number of aromatic nitrogens is 2. The number of hydrogen-bond donors (Lipinski definition) is 2. The lowest BCUT2D eigenvalue weighted by Gasteiger charge is -2.08. The van der Waals surface area contributed by atoms with Gasteiger partial charge in [0, 0.05) is 26.2 Å². The smallest absolute Gasteiger partial charge is 0.335 e. The number of aryl methyl sites for hydroxylation is 1. The number of carboxylic acids is 1. The summed E-state index contributed by atoms with van der Waals surface area (Å²) in [4.78, 5) is 10.8. The molecule has 0 saturated carbocycles. The summed E-state index contributed by atoms with van der Waals surface area (Å²) in [5.41, 5.74) is 1.90. The summed E-state index contributed by atoms with van der Waals surface area (Å²) in [7, 11) is 1.87. The van der Waals surface area contributed by atoms with Gasteiger partial charge in [-0.25, -0.2) is 4.79 Å². The fourth-order valence-electron chi connectivity index (χ4n) is 1.71. The molecule has 2 N–H and O–H groups in total. The van der Waals surface area contributed by atoms with Crippen LogP contribution in [0.4, 0.5) is 5.69 Å². The Morgan fingerprint density at radius 1 is 1.47 bits per heavy atom. The Kier molecular flexibility index (Phi) is 4.06. The molecule has 0 spiro atoms. The van der Waals surface area contributed by atoms with E-state index in [-0.39, 0.29) is 5.56 Å². The minimum atomic E-state index is -0.984. The van der Waals surface area contributed by atoms with Gasteiger partial charge in [-0.1, -0.05) is 11.6 Å². The van der Waals surface area contributed by atoms with E-state index in [4.69, 9.17) is 16.7 Å². The van der Waals surface area contributed by atoms with Crippen molar-refractivity contribution < 1.29 is 9.90 Å². The van der Waals surface area contributed by atoms with Crippen molar-refractivity contribution in [3.8, 4) is 0 Å². The van der Waals surface area contributed by atoms with Crippen LogP contribution in [0, 0.1) is 0 Å². The Morgan fingerprint density at radius 3 is 2.84 bits per heavy atom. The van der Waals surface area contributed by atoms with Crippen molar-refractivity contribution in [3.63, 3.8) is 0 Å². The minimum absolute atomic E-state index is 0.181. The third-order valence-electron chi connectivity index (χ3n) is 2.68. The van der Waals surface area contributed by atoms with Gasteiger partial charge in [-0.15, -0.1) is 0 Å². The van der Waals surface area contributed by atoms with Gasteiger partial charge in [0.1, 0.15) is 0 Å². The van der Waals surface area contributed by atoms with E-state index in [1.54, 1.807) is 10.7 Å². The largest absolute Gasteiger partial charge is 0.478 e. The number of aromatic carboxylic acids is 1. The maximum atomic E-state index is 10.8. The van der Waals surface area contributed by atoms with Crippen LogP contribution < -0.4 is 5.32 Å². The van der Waals surface area contributed by atoms with E-state index in [1.807, 2.05) is 19.3 Å². The Bertz CT molecular complexity index is 595. The van der Waals surface area contributed by atoms with E-state index in [0.29, 0.717) is 11.6 Å². The molecule has 0 aliphatic rings. The fourth-order valence-corrected chi connectivity index (χ4v) is 1.96. The lowest BCUT2D eigenvalue weighted by molar-refractivity contribution is 0.0697. The van der Waals surface area contributed by atoms with E-state index in [0.717, 1.165) is 17.8 Å². The van der Waals surface area contributed by atoms with Crippen LogP contribution in [0.1, 0.15) is 16.1 Å². The number of rotatable bonds is 5. The summed E-state index contributed by atoms with van der Waals surface area (Å²) in [6.07, 6.45) is 2.67. The van der Waals surface area contributed by atoms with Gasteiger partial charge in [-0.3, -0.25) is 4.68 Å². The first-order valence-electron chi connectivity index (χ1n) is 5.81. The van der Waals surface area contributed by atoms with E-state index in [9.17, 15) is 4.79 Å². The highest BCUT2D eigenvalue weighted by atomic mass is 35.5. The molecule has 0 bridgehead atoms. The van der Waals surface area contributed by atoms with Crippen molar-refractivity contribution in [3.05, 3.63) is 46.7 Å².